The van der Waals surface area contributed by atoms with Gasteiger partial charge in [-0.05, 0) is 30.2 Å². The zero-order chi connectivity index (χ0) is 15.8. The van der Waals surface area contributed by atoms with E-state index in [1.807, 2.05) is 18.2 Å². The van der Waals surface area contributed by atoms with E-state index >= 15 is 0 Å². The van der Waals surface area contributed by atoms with Crippen LogP contribution in [0.1, 0.15) is 47.7 Å². The van der Waals surface area contributed by atoms with E-state index in [2.05, 4.69) is 18.8 Å². The zero-order valence-electron chi connectivity index (χ0n) is 12.7. The predicted octanol–water partition coefficient (Wildman–Crippen LogP) is 4.79. The van der Waals surface area contributed by atoms with Gasteiger partial charge in [0.05, 0.1) is 0 Å². The third kappa shape index (κ3) is 4.56. The molecule has 0 aliphatic carbocycles. The highest BCUT2D eigenvalue weighted by Gasteiger charge is 2.10. The Kier molecular flexibility index (Phi) is 5.91. The van der Waals surface area contributed by atoms with Gasteiger partial charge in [0, 0.05) is 24.0 Å². The minimum absolute atomic E-state index is 0.00648. The topological polar surface area (TPSA) is 17.1 Å². The van der Waals surface area contributed by atoms with Crippen molar-refractivity contribution in [3.8, 4) is 11.8 Å². The van der Waals surface area contributed by atoms with Crippen LogP contribution < -0.4 is 0 Å². The average molecular weight is 294 g/mol. The second kappa shape index (κ2) is 8.14. The summed E-state index contributed by atoms with van der Waals surface area (Å²) in [6.45, 7) is 2.13. The van der Waals surface area contributed by atoms with E-state index in [1.165, 1.54) is 12.1 Å². The highest BCUT2D eigenvalue weighted by molar-refractivity contribution is 5.99. The molecule has 22 heavy (non-hydrogen) atoms. The molecule has 0 radical (unpaired) electrons. The van der Waals surface area contributed by atoms with Crippen molar-refractivity contribution in [1.29, 1.82) is 0 Å². The first kappa shape index (κ1) is 16.0. The van der Waals surface area contributed by atoms with Crippen LogP contribution in [0.25, 0.3) is 0 Å². The van der Waals surface area contributed by atoms with Gasteiger partial charge in [0.25, 0.3) is 0 Å². The van der Waals surface area contributed by atoms with Gasteiger partial charge >= 0.3 is 0 Å². The molecule has 112 valence electrons. The maximum Gasteiger partial charge on any atom is 0.168 e. The van der Waals surface area contributed by atoms with Crippen LogP contribution in [0.2, 0.25) is 0 Å². The predicted molar refractivity (Wildman–Crippen MR) is 87.3 cm³/mol. The zero-order valence-corrected chi connectivity index (χ0v) is 12.7. The minimum Gasteiger partial charge on any atom is -0.294 e. The van der Waals surface area contributed by atoms with E-state index in [4.69, 9.17) is 0 Å². The molecular formula is C20H19FO. The molecule has 0 aliphatic rings. The van der Waals surface area contributed by atoms with Crippen molar-refractivity contribution in [3.05, 3.63) is 71.0 Å². The highest BCUT2D eigenvalue weighted by atomic mass is 19.1. The number of carbonyl (C=O) groups excluding carboxylic acids is 1. The average Bonchev–Trinajstić information content (AvgIpc) is 2.54. The van der Waals surface area contributed by atoms with Crippen LogP contribution in [0.15, 0.2) is 48.5 Å². The summed E-state index contributed by atoms with van der Waals surface area (Å²) in [5, 5.41) is 0. The first-order chi connectivity index (χ1) is 10.7. The number of unbranched alkanes of at least 4 members (excludes halogenated alkanes) is 2. The summed E-state index contributed by atoms with van der Waals surface area (Å²) >= 11 is 0. The molecule has 0 N–H and O–H groups in total. The normalized spacial score (nSPS) is 9.91. The van der Waals surface area contributed by atoms with Gasteiger partial charge in [-0.2, -0.15) is 0 Å². The molecule has 0 fully saturated rings. The van der Waals surface area contributed by atoms with Gasteiger partial charge in [-0.1, -0.05) is 55.5 Å². The molecular weight excluding hydrogens is 275 g/mol. The maximum absolute atomic E-state index is 12.9. The Morgan fingerprint density at radius 1 is 1.09 bits per heavy atom. The third-order valence-electron chi connectivity index (χ3n) is 3.38. The molecule has 2 heteroatoms. The van der Waals surface area contributed by atoms with Gasteiger partial charge < -0.3 is 0 Å². The van der Waals surface area contributed by atoms with Crippen LogP contribution in [0.4, 0.5) is 4.39 Å². The van der Waals surface area contributed by atoms with Crippen molar-refractivity contribution in [2.45, 2.75) is 32.6 Å². The SMILES string of the molecule is CCCCC#Cc1ccccc1C(=O)Cc1ccc(F)cc1. The summed E-state index contributed by atoms with van der Waals surface area (Å²) < 4.78 is 12.9. The van der Waals surface area contributed by atoms with Crippen LogP contribution in [0.5, 0.6) is 0 Å². The van der Waals surface area contributed by atoms with Crippen LogP contribution in [0, 0.1) is 17.7 Å². The Morgan fingerprint density at radius 3 is 2.55 bits per heavy atom. The quantitative estimate of drug-likeness (QED) is 0.440. The maximum atomic E-state index is 12.9. The van der Waals surface area contributed by atoms with Crippen molar-refractivity contribution < 1.29 is 9.18 Å². The molecule has 0 saturated carbocycles. The largest absolute Gasteiger partial charge is 0.294 e. The Bertz CT molecular complexity index is 690. The van der Waals surface area contributed by atoms with Crippen molar-refractivity contribution in [2.75, 3.05) is 0 Å². The van der Waals surface area contributed by atoms with E-state index in [0.29, 0.717) is 5.56 Å². The Labute approximate surface area is 131 Å². The molecule has 0 atom stereocenters. The first-order valence-electron chi connectivity index (χ1n) is 7.56. The lowest BCUT2D eigenvalue weighted by atomic mass is 9.98. The van der Waals surface area contributed by atoms with Crippen molar-refractivity contribution in [1.82, 2.24) is 0 Å². The Morgan fingerprint density at radius 2 is 1.82 bits per heavy atom. The fraction of sp³-hybridized carbons (Fsp3) is 0.250. The highest BCUT2D eigenvalue weighted by Crippen LogP contribution is 2.13. The number of hydrogen-bond donors (Lipinski definition) is 0. The molecule has 0 aliphatic heterocycles. The van der Waals surface area contributed by atoms with Crippen LogP contribution in [-0.4, -0.2) is 5.78 Å². The van der Waals surface area contributed by atoms with Gasteiger partial charge in [-0.15, -0.1) is 0 Å². The minimum atomic E-state index is -0.293. The van der Waals surface area contributed by atoms with Crippen LogP contribution >= 0.6 is 0 Å². The van der Waals surface area contributed by atoms with Gasteiger partial charge in [0.1, 0.15) is 5.82 Å². The molecule has 2 aromatic rings. The number of halogens is 1. The molecule has 1 nitrogen and oxygen atoms in total. The monoisotopic (exact) mass is 294 g/mol. The summed E-state index contributed by atoms with van der Waals surface area (Å²) in [5.41, 5.74) is 2.21. The number of benzene rings is 2. The summed E-state index contributed by atoms with van der Waals surface area (Å²) in [6.07, 6.45) is 3.28. The molecule has 0 unspecified atom stereocenters. The lowest BCUT2D eigenvalue weighted by molar-refractivity contribution is 0.0992. The lowest BCUT2D eigenvalue weighted by Gasteiger charge is -2.04. The van der Waals surface area contributed by atoms with Crippen molar-refractivity contribution in [2.24, 2.45) is 0 Å². The molecule has 2 rings (SSSR count). The Balaban J connectivity index is 2.14. The molecule has 0 bridgehead atoms. The van der Waals surface area contributed by atoms with E-state index in [0.717, 1.165) is 30.4 Å². The van der Waals surface area contributed by atoms with Crippen LogP contribution in [-0.2, 0) is 6.42 Å². The molecule has 0 amide bonds. The van der Waals surface area contributed by atoms with E-state index in [1.54, 1.807) is 18.2 Å². The summed E-state index contributed by atoms with van der Waals surface area (Å²) in [7, 11) is 0. The fourth-order valence-corrected chi connectivity index (χ4v) is 2.14. The second-order valence-corrected chi connectivity index (χ2v) is 5.18. The van der Waals surface area contributed by atoms with Gasteiger partial charge in [0.2, 0.25) is 0 Å². The number of Topliss-reactive ketones (excluding diaryl/α,β-unsaturated/α-hetero) is 1. The van der Waals surface area contributed by atoms with Gasteiger partial charge in [0.15, 0.2) is 5.78 Å². The summed E-state index contributed by atoms with van der Waals surface area (Å²) in [4.78, 5) is 12.4. The van der Waals surface area contributed by atoms with Crippen LogP contribution in [0.3, 0.4) is 0 Å². The number of hydrogen-bond acceptors (Lipinski definition) is 1. The van der Waals surface area contributed by atoms with Crippen molar-refractivity contribution >= 4 is 5.78 Å². The molecule has 0 saturated heterocycles. The van der Waals surface area contributed by atoms with E-state index in [-0.39, 0.29) is 18.0 Å². The molecule has 0 aromatic heterocycles. The Hall–Kier alpha value is -2.40. The fourth-order valence-electron chi connectivity index (χ4n) is 2.14. The lowest BCUT2D eigenvalue weighted by Crippen LogP contribution is -2.05. The van der Waals surface area contributed by atoms with Gasteiger partial charge in [-0.25, -0.2) is 4.39 Å². The first-order valence-corrected chi connectivity index (χ1v) is 7.56. The third-order valence-corrected chi connectivity index (χ3v) is 3.38. The van der Waals surface area contributed by atoms with E-state index < -0.39 is 0 Å². The second-order valence-electron chi connectivity index (χ2n) is 5.18. The number of ketones is 1. The summed E-state index contributed by atoms with van der Waals surface area (Å²) in [6, 6.07) is 13.4. The molecule has 0 heterocycles. The smallest absolute Gasteiger partial charge is 0.168 e. The van der Waals surface area contributed by atoms with Crippen molar-refractivity contribution in [3.63, 3.8) is 0 Å². The standard InChI is InChI=1S/C20H19FO/c1-2-3-4-5-8-17-9-6-7-10-19(17)20(22)15-16-11-13-18(21)14-12-16/h6-7,9-14H,2-4,15H2,1H3. The molecule has 0 spiro atoms. The van der Waals surface area contributed by atoms with E-state index in [9.17, 15) is 9.18 Å². The number of carbonyl (C=O) groups is 1. The van der Waals surface area contributed by atoms with Gasteiger partial charge in [-0.3, -0.25) is 4.79 Å². The summed E-state index contributed by atoms with van der Waals surface area (Å²) in [5.74, 6) is 5.92. The number of rotatable bonds is 5. The molecule has 2 aromatic carbocycles.